The Balaban J connectivity index is 2.00. The van der Waals surface area contributed by atoms with Crippen molar-refractivity contribution in [2.24, 2.45) is 5.92 Å². The van der Waals surface area contributed by atoms with Crippen molar-refractivity contribution in [3.05, 3.63) is 35.9 Å². The molecular formula is C19H28N2O4. The summed E-state index contributed by atoms with van der Waals surface area (Å²) in [5, 5.41) is 12.1. The first-order chi connectivity index (χ1) is 12.0. The van der Waals surface area contributed by atoms with Crippen molar-refractivity contribution in [1.29, 1.82) is 0 Å². The number of aliphatic hydroxyl groups excluding tert-OH is 1. The van der Waals surface area contributed by atoms with E-state index in [-0.39, 0.29) is 24.3 Å². The number of hydrogen-bond donors (Lipinski definition) is 2. The van der Waals surface area contributed by atoms with Crippen molar-refractivity contribution < 1.29 is 19.4 Å². The van der Waals surface area contributed by atoms with Crippen LogP contribution < -0.4 is 5.32 Å². The third-order valence-electron chi connectivity index (χ3n) is 4.54. The molecule has 0 aliphatic carbocycles. The number of benzene rings is 1. The molecule has 6 heteroatoms. The fourth-order valence-corrected chi connectivity index (χ4v) is 3.11. The molecule has 0 aromatic heterocycles. The maximum absolute atomic E-state index is 12.9. The number of carbonyl (C=O) groups excluding carboxylic acids is 2. The summed E-state index contributed by atoms with van der Waals surface area (Å²) in [4.78, 5) is 26.2. The van der Waals surface area contributed by atoms with Crippen molar-refractivity contribution in [3.8, 4) is 0 Å². The lowest BCUT2D eigenvalue weighted by molar-refractivity contribution is -0.142. The largest absolute Gasteiger partial charge is 0.396 e. The van der Waals surface area contributed by atoms with Gasteiger partial charge >= 0.3 is 0 Å². The molecule has 2 rings (SSSR count). The highest BCUT2D eigenvalue weighted by Gasteiger charge is 2.33. The molecule has 0 saturated carbocycles. The number of carbonyl (C=O) groups is 2. The van der Waals surface area contributed by atoms with E-state index in [0.717, 1.165) is 18.4 Å². The van der Waals surface area contributed by atoms with E-state index in [4.69, 9.17) is 4.74 Å². The zero-order valence-corrected chi connectivity index (χ0v) is 15.0. The summed E-state index contributed by atoms with van der Waals surface area (Å²) in [5.74, 6) is -0.297. The predicted molar refractivity (Wildman–Crippen MR) is 94.7 cm³/mol. The van der Waals surface area contributed by atoms with Crippen LogP contribution in [0.2, 0.25) is 0 Å². The van der Waals surface area contributed by atoms with Crippen molar-refractivity contribution in [3.63, 3.8) is 0 Å². The molecule has 1 heterocycles. The second kappa shape index (κ2) is 9.53. The minimum absolute atomic E-state index is 0.0780. The summed E-state index contributed by atoms with van der Waals surface area (Å²) in [6.07, 6.45) is 1.33. The quantitative estimate of drug-likeness (QED) is 0.779. The third-order valence-corrected chi connectivity index (χ3v) is 4.54. The lowest BCUT2D eigenvalue weighted by Gasteiger charge is -2.35. The predicted octanol–water partition coefficient (Wildman–Crippen LogP) is 1.33. The molecule has 3 atom stereocenters. The Kier molecular flexibility index (Phi) is 7.40. The Morgan fingerprint density at radius 2 is 2.08 bits per heavy atom. The fraction of sp³-hybridized carbons (Fsp3) is 0.579. The van der Waals surface area contributed by atoms with Gasteiger partial charge in [0.05, 0.1) is 12.7 Å². The van der Waals surface area contributed by atoms with Gasteiger partial charge in [0.15, 0.2) is 0 Å². The van der Waals surface area contributed by atoms with E-state index in [0.29, 0.717) is 19.7 Å². The molecule has 1 aromatic rings. The summed E-state index contributed by atoms with van der Waals surface area (Å²) >= 11 is 0. The Labute approximate surface area is 149 Å². The SMILES string of the molecule is CC(=O)NC(C(=O)N1CCCC(CO)C1)C(C)OCc1ccccc1. The minimum atomic E-state index is -0.723. The smallest absolute Gasteiger partial charge is 0.247 e. The van der Waals surface area contributed by atoms with E-state index in [1.165, 1.54) is 6.92 Å². The highest BCUT2D eigenvalue weighted by molar-refractivity contribution is 5.87. The normalized spacial score (nSPS) is 20.0. The number of amides is 2. The van der Waals surface area contributed by atoms with Crippen LogP contribution in [-0.4, -0.2) is 53.7 Å². The molecule has 1 fully saturated rings. The zero-order chi connectivity index (χ0) is 18.2. The molecule has 0 radical (unpaired) electrons. The van der Waals surface area contributed by atoms with Gasteiger partial charge in [0, 0.05) is 26.6 Å². The van der Waals surface area contributed by atoms with Gasteiger partial charge in [0.25, 0.3) is 0 Å². The summed E-state index contributed by atoms with van der Waals surface area (Å²) in [7, 11) is 0. The van der Waals surface area contributed by atoms with Crippen LogP contribution in [0.3, 0.4) is 0 Å². The standard InChI is InChI=1S/C19H28N2O4/c1-14(25-13-16-7-4-3-5-8-16)18(20-15(2)23)19(24)21-10-6-9-17(11-21)12-22/h3-5,7-8,14,17-18,22H,6,9-13H2,1-2H3,(H,20,23). The fourth-order valence-electron chi connectivity index (χ4n) is 3.11. The summed E-state index contributed by atoms with van der Waals surface area (Å²) in [5.41, 5.74) is 1.02. The van der Waals surface area contributed by atoms with E-state index in [9.17, 15) is 14.7 Å². The summed E-state index contributed by atoms with van der Waals surface area (Å²) in [6, 6.07) is 8.99. The molecule has 25 heavy (non-hydrogen) atoms. The molecule has 1 aliphatic heterocycles. The first kappa shape index (κ1) is 19.4. The van der Waals surface area contributed by atoms with Gasteiger partial charge < -0.3 is 20.1 Å². The second-order valence-corrected chi connectivity index (χ2v) is 6.65. The third kappa shape index (κ3) is 5.83. The van der Waals surface area contributed by atoms with E-state index >= 15 is 0 Å². The van der Waals surface area contributed by atoms with Crippen LogP contribution in [0.4, 0.5) is 0 Å². The maximum Gasteiger partial charge on any atom is 0.247 e. The highest BCUT2D eigenvalue weighted by Crippen LogP contribution is 2.18. The van der Waals surface area contributed by atoms with Gasteiger partial charge in [0.2, 0.25) is 11.8 Å². The van der Waals surface area contributed by atoms with Crippen molar-refractivity contribution in [2.75, 3.05) is 19.7 Å². The van der Waals surface area contributed by atoms with E-state index in [2.05, 4.69) is 5.32 Å². The number of nitrogens with zero attached hydrogens (tertiary/aromatic N) is 1. The van der Waals surface area contributed by atoms with Gasteiger partial charge in [-0.05, 0) is 31.2 Å². The number of rotatable bonds is 7. The molecule has 1 aliphatic rings. The van der Waals surface area contributed by atoms with Gasteiger partial charge in [-0.1, -0.05) is 30.3 Å². The Morgan fingerprint density at radius 3 is 2.72 bits per heavy atom. The van der Waals surface area contributed by atoms with Crippen LogP contribution in [0.5, 0.6) is 0 Å². The Hall–Kier alpha value is -1.92. The van der Waals surface area contributed by atoms with Crippen LogP contribution in [0, 0.1) is 5.92 Å². The lowest BCUT2D eigenvalue weighted by atomic mass is 9.98. The van der Waals surface area contributed by atoms with Crippen LogP contribution in [-0.2, 0) is 20.9 Å². The van der Waals surface area contributed by atoms with Gasteiger partial charge in [-0.2, -0.15) is 0 Å². The molecule has 0 spiro atoms. The van der Waals surface area contributed by atoms with Crippen LogP contribution >= 0.6 is 0 Å². The van der Waals surface area contributed by atoms with Crippen LogP contribution in [0.15, 0.2) is 30.3 Å². The average molecular weight is 348 g/mol. The number of likely N-dealkylation sites (tertiary alicyclic amines) is 1. The van der Waals surface area contributed by atoms with E-state index in [1.807, 2.05) is 30.3 Å². The molecule has 1 saturated heterocycles. The molecular weight excluding hydrogens is 320 g/mol. The number of nitrogens with one attached hydrogen (secondary N) is 1. The topological polar surface area (TPSA) is 78.9 Å². The van der Waals surface area contributed by atoms with Crippen molar-refractivity contribution in [2.45, 2.75) is 45.4 Å². The summed E-state index contributed by atoms with van der Waals surface area (Å²) in [6.45, 7) is 4.83. The molecule has 138 valence electrons. The number of aliphatic hydroxyl groups is 1. The van der Waals surface area contributed by atoms with Gasteiger partial charge in [-0.25, -0.2) is 0 Å². The highest BCUT2D eigenvalue weighted by atomic mass is 16.5. The summed E-state index contributed by atoms with van der Waals surface area (Å²) < 4.78 is 5.84. The Morgan fingerprint density at radius 1 is 1.36 bits per heavy atom. The zero-order valence-electron chi connectivity index (χ0n) is 15.0. The minimum Gasteiger partial charge on any atom is -0.396 e. The van der Waals surface area contributed by atoms with E-state index < -0.39 is 12.1 Å². The number of hydrogen-bond acceptors (Lipinski definition) is 4. The first-order valence-corrected chi connectivity index (χ1v) is 8.83. The number of piperidine rings is 1. The van der Waals surface area contributed by atoms with Gasteiger partial charge in [-0.3, -0.25) is 9.59 Å². The monoisotopic (exact) mass is 348 g/mol. The van der Waals surface area contributed by atoms with Crippen molar-refractivity contribution in [1.82, 2.24) is 10.2 Å². The maximum atomic E-state index is 12.9. The molecule has 0 bridgehead atoms. The van der Waals surface area contributed by atoms with Crippen molar-refractivity contribution >= 4 is 11.8 Å². The van der Waals surface area contributed by atoms with Gasteiger partial charge in [0.1, 0.15) is 6.04 Å². The average Bonchev–Trinajstić information content (AvgIpc) is 2.64. The second-order valence-electron chi connectivity index (χ2n) is 6.65. The first-order valence-electron chi connectivity index (χ1n) is 8.83. The van der Waals surface area contributed by atoms with Crippen LogP contribution in [0.1, 0.15) is 32.3 Å². The molecule has 1 aromatic carbocycles. The van der Waals surface area contributed by atoms with E-state index in [1.54, 1.807) is 11.8 Å². The molecule has 3 unspecified atom stereocenters. The number of ether oxygens (including phenoxy) is 1. The Bertz CT molecular complexity index is 564. The van der Waals surface area contributed by atoms with Crippen LogP contribution in [0.25, 0.3) is 0 Å². The van der Waals surface area contributed by atoms with Gasteiger partial charge in [-0.15, -0.1) is 0 Å². The lowest BCUT2D eigenvalue weighted by Crippen LogP contribution is -2.55. The molecule has 2 amide bonds. The molecule has 6 nitrogen and oxygen atoms in total. The molecule has 2 N–H and O–H groups in total.